The Bertz CT molecular complexity index is 479. The lowest BCUT2D eigenvalue weighted by molar-refractivity contribution is 0.406. The Hall–Kier alpha value is -1.76. The van der Waals surface area contributed by atoms with Gasteiger partial charge in [0.1, 0.15) is 5.69 Å². The van der Waals surface area contributed by atoms with Crippen LogP contribution in [-0.2, 0) is 0 Å². The minimum Gasteiger partial charge on any atom is -0.490 e. The Morgan fingerprint density at radius 1 is 1.57 bits per heavy atom. The van der Waals surface area contributed by atoms with Crippen LogP contribution in [0.4, 0.5) is 0 Å². The first-order valence-corrected chi connectivity index (χ1v) is 4.55. The van der Waals surface area contributed by atoms with Crippen LogP contribution in [0.3, 0.4) is 0 Å². The maximum Gasteiger partial charge on any atom is 0.293 e. The van der Waals surface area contributed by atoms with E-state index in [1.165, 1.54) is 24.8 Å². The van der Waals surface area contributed by atoms with E-state index in [9.17, 15) is 4.79 Å². The summed E-state index contributed by atoms with van der Waals surface area (Å²) in [5.74, 6) is 0.571. The second-order valence-corrected chi connectivity index (χ2v) is 3.03. The fraction of sp³-hybridized carbons (Fsp3) is 0.143. The first-order valence-electron chi connectivity index (χ1n) is 3.72. The summed E-state index contributed by atoms with van der Waals surface area (Å²) >= 11 is 1.20. The zero-order valence-electron chi connectivity index (χ0n) is 7.22. The number of hydrogen-bond donors (Lipinski definition) is 1. The van der Waals surface area contributed by atoms with Crippen LogP contribution in [0, 0.1) is 0 Å². The Labute approximate surface area is 82.8 Å². The maximum atomic E-state index is 11.3. The van der Waals surface area contributed by atoms with Gasteiger partial charge in [-0.25, -0.2) is 4.98 Å². The molecule has 0 aromatic carbocycles. The number of rotatable bonds is 2. The molecule has 2 rings (SSSR count). The Morgan fingerprint density at radius 2 is 2.43 bits per heavy atom. The van der Waals surface area contributed by atoms with E-state index in [1.54, 1.807) is 5.38 Å². The van der Waals surface area contributed by atoms with Gasteiger partial charge in [0.25, 0.3) is 5.56 Å². The molecule has 0 fully saturated rings. The second kappa shape index (κ2) is 3.54. The summed E-state index contributed by atoms with van der Waals surface area (Å²) in [6.07, 6.45) is 1.35. The summed E-state index contributed by atoms with van der Waals surface area (Å²) < 4.78 is 8.45. The van der Waals surface area contributed by atoms with Crippen molar-refractivity contribution in [2.24, 2.45) is 0 Å². The van der Waals surface area contributed by atoms with Gasteiger partial charge in [0, 0.05) is 5.38 Å². The van der Waals surface area contributed by atoms with E-state index in [0.717, 1.165) is 0 Å². The van der Waals surface area contributed by atoms with Gasteiger partial charge in [-0.2, -0.15) is 0 Å². The Balaban J connectivity index is 2.48. The van der Waals surface area contributed by atoms with Crippen LogP contribution >= 0.6 is 11.5 Å². The van der Waals surface area contributed by atoms with Crippen molar-refractivity contribution in [1.29, 1.82) is 0 Å². The number of aromatic nitrogens is 4. The standard InChI is InChI=1S/C7H6N4O2S/c1-13-5-2-8-6(9-7(5)12)4-3-14-11-10-4/h2-3H,1H3,(H,8,9,12). The number of hydrogen-bond acceptors (Lipinski definition) is 6. The molecular formula is C7H6N4O2S. The van der Waals surface area contributed by atoms with E-state index in [2.05, 4.69) is 19.6 Å². The molecule has 0 saturated heterocycles. The van der Waals surface area contributed by atoms with Gasteiger partial charge in [-0.1, -0.05) is 4.49 Å². The number of ether oxygens (including phenoxy) is 1. The number of nitrogens with one attached hydrogen (secondary N) is 1. The van der Waals surface area contributed by atoms with E-state index >= 15 is 0 Å². The molecule has 0 aliphatic carbocycles. The average Bonchev–Trinajstić information content (AvgIpc) is 2.70. The summed E-state index contributed by atoms with van der Waals surface area (Å²) in [6, 6.07) is 0. The van der Waals surface area contributed by atoms with E-state index in [-0.39, 0.29) is 11.3 Å². The SMILES string of the molecule is COc1cnc(-c2csnn2)[nH]c1=O. The molecule has 0 amide bonds. The molecule has 0 radical (unpaired) electrons. The van der Waals surface area contributed by atoms with Crippen molar-refractivity contribution in [3.8, 4) is 17.3 Å². The Morgan fingerprint density at radius 3 is 3.00 bits per heavy atom. The van der Waals surface area contributed by atoms with Crippen molar-refractivity contribution in [2.45, 2.75) is 0 Å². The summed E-state index contributed by atoms with van der Waals surface area (Å²) in [5.41, 5.74) is 0.222. The van der Waals surface area contributed by atoms with Crippen LogP contribution in [0.1, 0.15) is 0 Å². The quantitative estimate of drug-likeness (QED) is 0.770. The minimum atomic E-state index is -0.328. The predicted octanol–water partition coefficient (Wildman–Crippen LogP) is 0.297. The van der Waals surface area contributed by atoms with Gasteiger partial charge in [0.15, 0.2) is 5.82 Å². The molecule has 0 bridgehead atoms. The molecule has 2 heterocycles. The second-order valence-electron chi connectivity index (χ2n) is 2.42. The number of nitrogens with zero attached hydrogens (tertiary/aromatic N) is 3. The highest BCUT2D eigenvalue weighted by molar-refractivity contribution is 7.03. The highest BCUT2D eigenvalue weighted by Gasteiger charge is 2.06. The minimum absolute atomic E-state index is 0.178. The van der Waals surface area contributed by atoms with E-state index in [1.807, 2.05) is 0 Å². The third kappa shape index (κ3) is 1.49. The highest BCUT2D eigenvalue weighted by Crippen LogP contribution is 2.11. The summed E-state index contributed by atoms with van der Waals surface area (Å²) in [7, 11) is 1.41. The molecule has 2 aromatic heterocycles. The fourth-order valence-electron chi connectivity index (χ4n) is 0.927. The molecule has 1 N–H and O–H groups in total. The van der Waals surface area contributed by atoms with Gasteiger partial charge in [0.05, 0.1) is 13.3 Å². The smallest absolute Gasteiger partial charge is 0.293 e. The maximum absolute atomic E-state index is 11.3. The molecule has 0 unspecified atom stereocenters. The zero-order valence-corrected chi connectivity index (χ0v) is 8.04. The molecule has 0 spiro atoms. The van der Waals surface area contributed by atoms with Crippen LogP contribution in [0.5, 0.6) is 5.75 Å². The van der Waals surface area contributed by atoms with Gasteiger partial charge >= 0.3 is 0 Å². The molecule has 0 aliphatic rings. The van der Waals surface area contributed by atoms with Crippen molar-refractivity contribution >= 4 is 11.5 Å². The third-order valence-electron chi connectivity index (χ3n) is 1.59. The van der Waals surface area contributed by atoms with E-state index in [4.69, 9.17) is 4.74 Å². The first-order chi connectivity index (χ1) is 6.81. The molecular weight excluding hydrogens is 204 g/mol. The van der Waals surface area contributed by atoms with Crippen molar-refractivity contribution in [1.82, 2.24) is 19.6 Å². The third-order valence-corrected chi connectivity index (χ3v) is 2.09. The van der Waals surface area contributed by atoms with Crippen LogP contribution in [0.15, 0.2) is 16.4 Å². The number of methoxy groups -OCH3 is 1. The van der Waals surface area contributed by atoms with Crippen molar-refractivity contribution in [3.63, 3.8) is 0 Å². The monoisotopic (exact) mass is 210 g/mol. The van der Waals surface area contributed by atoms with Crippen LogP contribution < -0.4 is 10.3 Å². The predicted molar refractivity (Wildman–Crippen MR) is 50.3 cm³/mol. The number of aromatic amines is 1. The average molecular weight is 210 g/mol. The zero-order chi connectivity index (χ0) is 9.97. The highest BCUT2D eigenvalue weighted by atomic mass is 32.1. The Kier molecular flexibility index (Phi) is 2.23. The largest absolute Gasteiger partial charge is 0.490 e. The van der Waals surface area contributed by atoms with Gasteiger partial charge < -0.3 is 9.72 Å². The molecule has 14 heavy (non-hydrogen) atoms. The molecule has 0 atom stereocenters. The van der Waals surface area contributed by atoms with Crippen molar-refractivity contribution in [2.75, 3.05) is 7.11 Å². The molecule has 72 valence electrons. The fourth-order valence-corrected chi connectivity index (χ4v) is 1.37. The summed E-state index contributed by atoms with van der Waals surface area (Å²) in [6.45, 7) is 0. The van der Waals surface area contributed by atoms with Crippen LogP contribution in [0.2, 0.25) is 0 Å². The van der Waals surface area contributed by atoms with E-state index < -0.39 is 0 Å². The van der Waals surface area contributed by atoms with Crippen molar-refractivity contribution < 1.29 is 4.74 Å². The lowest BCUT2D eigenvalue weighted by Crippen LogP contribution is -2.11. The summed E-state index contributed by atoms with van der Waals surface area (Å²) in [4.78, 5) is 17.8. The molecule has 0 aliphatic heterocycles. The van der Waals surface area contributed by atoms with Gasteiger partial charge in [-0.3, -0.25) is 4.79 Å². The van der Waals surface area contributed by atoms with Crippen LogP contribution in [-0.4, -0.2) is 26.7 Å². The lowest BCUT2D eigenvalue weighted by Gasteiger charge is -1.98. The van der Waals surface area contributed by atoms with Crippen molar-refractivity contribution in [3.05, 3.63) is 21.9 Å². The molecule has 0 saturated carbocycles. The van der Waals surface area contributed by atoms with Crippen LogP contribution in [0.25, 0.3) is 11.5 Å². The molecule has 2 aromatic rings. The van der Waals surface area contributed by atoms with E-state index in [0.29, 0.717) is 11.5 Å². The normalized spacial score (nSPS) is 10.1. The van der Waals surface area contributed by atoms with Gasteiger partial charge in [0.2, 0.25) is 5.75 Å². The summed E-state index contributed by atoms with van der Waals surface area (Å²) in [5, 5.41) is 5.48. The molecule has 7 heteroatoms. The lowest BCUT2D eigenvalue weighted by atomic mass is 10.4. The number of H-pyrrole nitrogens is 1. The van der Waals surface area contributed by atoms with Gasteiger partial charge in [-0.05, 0) is 11.5 Å². The van der Waals surface area contributed by atoms with Gasteiger partial charge in [-0.15, -0.1) is 5.10 Å². The molecule has 6 nitrogen and oxygen atoms in total. The first kappa shape index (κ1) is 8.82. The topological polar surface area (TPSA) is 80.8 Å².